The van der Waals surface area contributed by atoms with Gasteiger partial charge in [0.2, 0.25) is 53.4 Å². The van der Waals surface area contributed by atoms with Crippen LogP contribution in [0.5, 0.6) is 57.5 Å². The first-order valence-electron chi connectivity index (χ1n) is 41.4. The average molecular weight is 1960 g/mol. The van der Waals surface area contributed by atoms with Crippen molar-refractivity contribution < 1.29 is 220 Å². The summed E-state index contributed by atoms with van der Waals surface area (Å²) in [6, 6.07) is 9.44. The molecule has 16 rings (SSSR count). The first-order valence-corrected chi connectivity index (χ1v) is 42.1. The number of carboxylic acids is 3. The van der Waals surface area contributed by atoms with Gasteiger partial charge in [0.05, 0.1) is 41.3 Å². The quantitative estimate of drug-likeness (QED) is 0.0298. The van der Waals surface area contributed by atoms with Gasteiger partial charge in [-0.05, 0) is 134 Å². The molecule has 0 saturated carbocycles. The minimum absolute atomic E-state index is 0. The molecule has 1 unspecified atom stereocenters. The number of aliphatic hydroxyl groups is 7. The van der Waals surface area contributed by atoms with Crippen LogP contribution >= 0.6 is 23.2 Å². The topological polar surface area (TPSA) is 710 Å². The number of hydrogen-bond acceptors (Lipinski definition) is 36. The van der Waals surface area contributed by atoms with E-state index >= 15 is 14.4 Å². The summed E-state index contributed by atoms with van der Waals surface area (Å²) in [6.45, 7) is 5.01. The molecule has 7 amide bonds. The summed E-state index contributed by atoms with van der Waals surface area (Å²) < 4.78 is 59.5. The van der Waals surface area contributed by atoms with Gasteiger partial charge in [0.25, 0.3) is 0 Å². The number of aromatic carboxylic acids is 2. The molecule has 0 radical (unpaired) electrons. The summed E-state index contributed by atoms with van der Waals surface area (Å²) in [4.78, 5) is 163. The Morgan fingerprint density at radius 2 is 1.18 bits per heavy atom. The van der Waals surface area contributed by atoms with Crippen molar-refractivity contribution in [3.05, 3.63) is 197 Å². The molecule has 716 valence electrons. The van der Waals surface area contributed by atoms with Crippen LogP contribution in [-0.2, 0) is 52.6 Å². The van der Waals surface area contributed by atoms with Crippen LogP contribution in [0.15, 0.2) is 146 Å². The Labute approximate surface area is 828 Å². The summed E-state index contributed by atoms with van der Waals surface area (Å²) >= 11 is 14.1. The Bertz CT molecular complexity index is 6180. The molecule has 7 aliphatic rings. The number of carbonyl (C=O) groups excluding carboxylic acids is 9. The number of benzene rings is 7. The molecule has 22 N–H and O–H groups in total. The number of halogens is 2. The van der Waals surface area contributed by atoms with E-state index in [0.29, 0.717) is 0 Å². The predicted molar refractivity (Wildman–Crippen MR) is 460 cm³/mol. The first kappa shape index (κ1) is 106. The van der Waals surface area contributed by atoms with Gasteiger partial charge in [0, 0.05) is 46.8 Å². The normalized spacial score (nSPS) is 24.5. The van der Waals surface area contributed by atoms with Gasteiger partial charge in [0.1, 0.15) is 154 Å². The van der Waals surface area contributed by atoms with Gasteiger partial charge in [-0.25, -0.2) is 4.79 Å². The number of likely N-dealkylation sites (N-methyl/N-ethyl adjacent to an activating group) is 1. The van der Waals surface area contributed by atoms with Crippen LogP contribution in [0.1, 0.15) is 126 Å². The second kappa shape index (κ2) is 44.3. The summed E-state index contributed by atoms with van der Waals surface area (Å²) in [6.07, 6.45) is -19.8. The maximum Gasteiger partial charge on any atom is 1.00 e. The molecule has 9 aromatic rings. The molecule has 0 aliphatic carbocycles. The molecule has 44 nitrogen and oxygen atoms in total. The molecular formula is C89H89Cl2N9Na2O35. The van der Waals surface area contributed by atoms with E-state index in [-0.39, 0.29) is 152 Å². The van der Waals surface area contributed by atoms with E-state index in [1.54, 1.807) is 0 Å². The maximum absolute atomic E-state index is 16.0. The Morgan fingerprint density at radius 3 is 1.71 bits per heavy atom. The van der Waals surface area contributed by atoms with Crippen molar-refractivity contribution in [2.45, 2.75) is 162 Å². The van der Waals surface area contributed by atoms with Gasteiger partial charge in [-0.1, -0.05) is 67.4 Å². The number of aromatic hydroxyl groups is 3. The monoisotopic (exact) mass is 1960 g/mol. The molecule has 7 aliphatic heterocycles. The molecule has 11 bridgehead atoms. The van der Waals surface area contributed by atoms with Crippen molar-refractivity contribution in [3.8, 4) is 68.6 Å². The Hall–Kier alpha value is -11.8. The molecule has 137 heavy (non-hydrogen) atoms. The van der Waals surface area contributed by atoms with E-state index in [9.17, 15) is 110 Å². The second-order valence-electron chi connectivity index (χ2n) is 32.8. The summed E-state index contributed by atoms with van der Waals surface area (Å²) in [5, 5.41) is 163. The number of amides is 7. The molecule has 48 heteroatoms. The number of primary amides is 1. The number of nitrogens with one attached hydrogen (secondary N) is 7. The smallest absolute Gasteiger partial charge is 0.542 e. The van der Waals surface area contributed by atoms with Crippen LogP contribution < -0.4 is 153 Å². The maximum atomic E-state index is 16.0. The Kier molecular flexibility index (Phi) is 34.2. The van der Waals surface area contributed by atoms with Crippen LogP contribution in [0.25, 0.3) is 33.1 Å². The molecule has 9 heterocycles. The van der Waals surface area contributed by atoms with Crippen LogP contribution in [-0.4, -0.2) is 227 Å². The molecule has 2 aromatic heterocycles. The molecule has 18 atom stereocenters. The number of carbonyl (C=O) groups is 10. The summed E-state index contributed by atoms with van der Waals surface area (Å²) in [7, 11) is 1.47. The van der Waals surface area contributed by atoms with Crippen molar-refractivity contribution in [3.63, 3.8) is 0 Å². The van der Waals surface area contributed by atoms with Crippen molar-refractivity contribution in [1.82, 2.24) is 37.2 Å². The SMILES string of the molecule is CN[C@H](CC(C)C)C(=O)N[C@H]1C(=O)N[C@@H](CC(N)=O)C(=O)N[C@H]2C(=O)N[C@H]3C(=O)N[C@H](C(=O)N[C@@H](C(=O)O)c4cc(O)cc(O)c4-c4cc3ccc4O)[C@H](O)c3ccc(c(Cl)c3)Oc3cc2cc(c3O[C@@H]2O[C@H](CO)[C@@H](O)[C@H](O)[C@H]2O[C@H]2C[C@](C)(N)C(O)[C@H](C)O2)Oc2ccc(cc2Cl)[C@H]1O.O=C([O-])c1cc(=O)c2c(OCC(O)COc3cccc4oc(C(=O)[O-])cc(=O)c34)cccc2o1.[Na+].[Na+]. The second-order valence-corrected chi connectivity index (χ2v) is 33.6. The zero-order valence-electron chi connectivity index (χ0n) is 73.5. The number of fused-ring (bicyclic) bond motifs is 17. The van der Waals surface area contributed by atoms with Crippen LogP contribution in [0.4, 0.5) is 0 Å². The standard InChI is InChI=1S/C66H75Cl2N9O24.C23H16O11.2Na/c1-23(2)12-34(71-5)58(88)76-49-51(83)26-7-10-38(32(67)14-26)97-40-16-28-17-41(55(40)101-65-56(54(86)53(85)42(22-78)99-65)100-44-21-66(4,70)57(87)24(3)96-44)98-39-11-8-27(15-33(39)68)52(84)50-63(93)75-48(64(94)95)31-18-29(79)19-37(81)45(31)30-13-25(6-9-36(30)80)46(60(90)77-50)74-61(91)47(28)73-59(89)35(20-43(69)82)72-62(49)92;24-11(9-31-14-3-1-5-16-20(14)12(25)7-18(33-16)22(27)28)10-32-15-4-2-6-17-21(15)13(26)8-19(34-17)23(29)30;;/h6-11,13-19,23-24,34-35,42,44,46-54,56-57,65,71,78-81,83-87H,12,20-22,70H2,1-5H3,(H2,69,82)(H,72,92)(H,73,89)(H,74,91)(H,75,93)(H,76,88)(H,77,90)(H,94,95);1-8,11,24H,9-10H2,(H,27,28)(H,29,30);;/q;;2*+1/p-2/t24-,34+,35-,42+,44-,46+,47+,48+,49+,50-,51+,52+,53+,54-,56+,57?,65-,66-;;;/m0.../s1. The van der Waals surface area contributed by atoms with Crippen molar-refractivity contribution in [1.29, 1.82) is 0 Å². The summed E-state index contributed by atoms with van der Waals surface area (Å²) in [5.74, 6) is -20.4. The Morgan fingerprint density at radius 1 is 0.635 bits per heavy atom. The van der Waals surface area contributed by atoms with E-state index in [0.717, 1.165) is 78.9 Å². The number of phenols is 3. The number of aliphatic hydroxyl groups excluding tert-OH is 7. The van der Waals surface area contributed by atoms with Gasteiger partial charge in [-0.3, -0.25) is 43.2 Å². The van der Waals surface area contributed by atoms with Crippen molar-refractivity contribution in [2.24, 2.45) is 17.4 Å². The minimum Gasteiger partial charge on any atom is -0.542 e. The molecule has 2 saturated heterocycles. The number of carboxylic acid groups (broad SMARTS) is 3. The van der Waals surface area contributed by atoms with Crippen LogP contribution in [0.3, 0.4) is 0 Å². The number of ether oxygens (including phenoxy) is 8. The molecule has 2 fully saturated rings. The fourth-order valence-corrected chi connectivity index (χ4v) is 16.2. The van der Waals surface area contributed by atoms with Gasteiger partial charge >= 0.3 is 65.1 Å². The van der Waals surface area contributed by atoms with E-state index in [4.69, 9.17) is 81.4 Å². The third-order valence-electron chi connectivity index (χ3n) is 22.5. The summed E-state index contributed by atoms with van der Waals surface area (Å²) in [5.41, 5.74) is 6.60. The third-order valence-corrected chi connectivity index (χ3v) is 23.1. The number of aliphatic carboxylic acids is 1. The molecular weight excluding hydrogens is 1870 g/mol. The van der Waals surface area contributed by atoms with E-state index in [2.05, 4.69) is 37.2 Å². The first-order chi connectivity index (χ1) is 63.9. The largest absolute Gasteiger partial charge is 1.00 e. The minimum atomic E-state index is -2.35. The van der Waals surface area contributed by atoms with E-state index < -0.39 is 278 Å². The Balaban J connectivity index is 0.000000418. The predicted octanol–water partition coefficient (Wildman–Crippen LogP) is -6.44. The zero-order valence-corrected chi connectivity index (χ0v) is 79.0. The molecule has 0 spiro atoms. The van der Waals surface area contributed by atoms with Crippen molar-refractivity contribution in [2.75, 3.05) is 26.9 Å². The fraction of sp³-hybridized carbons (Fsp3) is 0.348. The van der Waals surface area contributed by atoms with Gasteiger partial charge < -0.3 is 171 Å². The number of rotatable bonds is 21. The van der Waals surface area contributed by atoms with Gasteiger partial charge in [-0.2, -0.15) is 0 Å². The zero-order chi connectivity index (χ0) is 97.9. The molecule has 7 aromatic carbocycles. The van der Waals surface area contributed by atoms with Crippen LogP contribution in [0, 0.1) is 5.92 Å². The average Bonchev–Trinajstić information content (AvgIpc) is 0.781. The van der Waals surface area contributed by atoms with Crippen LogP contribution in [0.2, 0.25) is 10.0 Å². The number of hydrogen-bond donors (Lipinski definition) is 20. The van der Waals surface area contributed by atoms with Crippen molar-refractivity contribution >= 4 is 104 Å². The van der Waals surface area contributed by atoms with Gasteiger partial charge in [-0.15, -0.1) is 0 Å². The van der Waals surface area contributed by atoms with E-state index in [1.165, 1.54) is 69.4 Å². The third kappa shape index (κ3) is 23.6. The fourth-order valence-electron chi connectivity index (χ4n) is 15.7. The number of phenolic OH excluding ortho intramolecular Hbond substituents is 3. The van der Waals surface area contributed by atoms with Gasteiger partial charge in [0.15, 0.2) is 52.3 Å². The van der Waals surface area contributed by atoms with E-state index in [1.807, 2.05) is 13.8 Å². The number of nitrogens with two attached hydrogens (primary N) is 2.